The Balaban J connectivity index is 2.19. The van der Waals surface area contributed by atoms with Crippen LogP contribution in [0.4, 0.5) is 4.39 Å². The lowest BCUT2D eigenvalue weighted by molar-refractivity contribution is 0.104. The fraction of sp³-hybridized carbons (Fsp3) is 0.538. The highest BCUT2D eigenvalue weighted by atomic mass is 19.1. The van der Waals surface area contributed by atoms with Gasteiger partial charge in [-0.05, 0) is 25.1 Å². The van der Waals surface area contributed by atoms with E-state index in [1.165, 1.54) is 6.07 Å². The minimum atomic E-state index is -0.619. The number of unbranched alkanes of at least 4 members (excludes halogenated alkanes) is 1. The third-order valence-corrected chi connectivity index (χ3v) is 2.35. The van der Waals surface area contributed by atoms with Gasteiger partial charge in [0.2, 0.25) is 0 Å². The first-order valence-electron chi connectivity index (χ1n) is 6.00. The van der Waals surface area contributed by atoms with Crippen LogP contribution in [0.2, 0.25) is 0 Å². The monoisotopic (exact) mass is 241 g/mol. The molecular formula is C13H20FNO2. The molecule has 0 aliphatic rings. The summed E-state index contributed by atoms with van der Waals surface area (Å²) in [4.78, 5) is 0. The van der Waals surface area contributed by atoms with Gasteiger partial charge < -0.3 is 15.2 Å². The summed E-state index contributed by atoms with van der Waals surface area (Å²) in [6.45, 7) is 3.56. The average Bonchev–Trinajstić information content (AvgIpc) is 2.34. The van der Waals surface area contributed by atoms with Gasteiger partial charge in [-0.2, -0.15) is 0 Å². The first-order chi connectivity index (χ1) is 8.24. The Morgan fingerprint density at radius 3 is 2.88 bits per heavy atom. The fourth-order valence-electron chi connectivity index (χ4n) is 1.38. The summed E-state index contributed by atoms with van der Waals surface area (Å²) in [5, 5.41) is 12.7. The molecule has 2 N–H and O–H groups in total. The number of hydrogen-bond donors (Lipinski definition) is 2. The SMILES string of the molecule is CCCCNCC(O)COc1ccccc1F. The van der Waals surface area contributed by atoms with E-state index in [4.69, 9.17) is 4.74 Å². The summed E-state index contributed by atoms with van der Waals surface area (Å²) < 4.78 is 18.4. The number of ether oxygens (including phenoxy) is 1. The van der Waals surface area contributed by atoms with Gasteiger partial charge in [0, 0.05) is 6.54 Å². The van der Waals surface area contributed by atoms with Gasteiger partial charge in [0.15, 0.2) is 11.6 Å². The van der Waals surface area contributed by atoms with Gasteiger partial charge in [-0.3, -0.25) is 0 Å². The third-order valence-electron chi connectivity index (χ3n) is 2.35. The molecule has 4 heteroatoms. The molecule has 0 spiro atoms. The van der Waals surface area contributed by atoms with Crippen molar-refractivity contribution in [2.45, 2.75) is 25.9 Å². The molecule has 0 saturated carbocycles. The van der Waals surface area contributed by atoms with Crippen molar-refractivity contribution in [2.75, 3.05) is 19.7 Å². The second-order valence-corrected chi connectivity index (χ2v) is 3.95. The molecule has 0 aromatic heterocycles. The number of nitrogens with one attached hydrogen (secondary N) is 1. The molecule has 0 aliphatic carbocycles. The second kappa shape index (κ2) is 8.03. The number of benzene rings is 1. The van der Waals surface area contributed by atoms with Crippen LogP contribution in [0.3, 0.4) is 0 Å². The minimum Gasteiger partial charge on any atom is -0.488 e. The Morgan fingerprint density at radius 2 is 2.18 bits per heavy atom. The molecule has 1 rings (SSSR count). The zero-order valence-corrected chi connectivity index (χ0v) is 10.2. The van der Waals surface area contributed by atoms with Crippen molar-refractivity contribution in [1.29, 1.82) is 0 Å². The standard InChI is InChI=1S/C13H20FNO2/c1-2-3-8-15-9-11(16)10-17-13-7-5-4-6-12(13)14/h4-7,11,15-16H,2-3,8-10H2,1H3. The summed E-state index contributed by atoms with van der Waals surface area (Å²) in [5.41, 5.74) is 0. The molecule has 0 amide bonds. The highest BCUT2D eigenvalue weighted by Gasteiger charge is 2.06. The van der Waals surface area contributed by atoms with E-state index in [0.717, 1.165) is 19.4 Å². The van der Waals surface area contributed by atoms with E-state index in [-0.39, 0.29) is 12.4 Å². The van der Waals surface area contributed by atoms with Gasteiger partial charge in [-0.1, -0.05) is 25.5 Å². The van der Waals surface area contributed by atoms with Crippen LogP contribution in [0, 0.1) is 5.82 Å². The van der Waals surface area contributed by atoms with Gasteiger partial charge in [0.05, 0.1) is 0 Å². The molecule has 0 saturated heterocycles. The summed E-state index contributed by atoms with van der Waals surface area (Å²) in [5.74, 6) is -0.223. The second-order valence-electron chi connectivity index (χ2n) is 3.95. The van der Waals surface area contributed by atoms with Crippen molar-refractivity contribution >= 4 is 0 Å². The molecule has 1 aromatic carbocycles. The summed E-state index contributed by atoms with van der Waals surface area (Å²) in [6.07, 6.45) is 1.59. The van der Waals surface area contributed by atoms with E-state index in [1.807, 2.05) is 0 Å². The lowest BCUT2D eigenvalue weighted by Gasteiger charge is -2.13. The van der Waals surface area contributed by atoms with Gasteiger partial charge in [0.25, 0.3) is 0 Å². The summed E-state index contributed by atoms with van der Waals surface area (Å²) >= 11 is 0. The van der Waals surface area contributed by atoms with E-state index in [9.17, 15) is 9.50 Å². The zero-order chi connectivity index (χ0) is 12.5. The number of hydrogen-bond acceptors (Lipinski definition) is 3. The molecule has 3 nitrogen and oxygen atoms in total. The first-order valence-corrected chi connectivity index (χ1v) is 6.00. The molecule has 17 heavy (non-hydrogen) atoms. The highest BCUT2D eigenvalue weighted by Crippen LogP contribution is 2.15. The van der Waals surface area contributed by atoms with Crippen LogP contribution in [0.15, 0.2) is 24.3 Å². The molecule has 96 valence electrons. The predicted molar refractivity (Wildman–Crippen MR) is 65.7 cm³/mol. The molecule has 1 unspecified atom stereocenters. The maximum Gasteiger partial charge on any atom is 0.165 e. The maximum atomic E-state index is 13.2. The molecule has 0 radical (unpaired) electrons. The quantitative estimate of drug-likeness (QED) is 0.684. The van der Waals surface area contributed by atoms with E-state index >= 15 is 0 Å². The first kappa shape index (κ1) is 13.9. The molecular weight excluding hydrogens is 221 g/mol. The lowest BCUT2D eigenvalue weighted by atomic mass is 10.3. The van der Waals surface area contributed by atoms with Crippen molar-refractivity contribution in [1.82, 2.24) is 5.32 Å². The van der Waals surface area contributed by atoms with Crippen molar-refractivity contribution < 1.29 is 14.2 Å². The molecule has 0 aliphatic heterocycles. The Labute approximate surface area is 102 Å². The molecule has 1 atom stereocenters. The minimum absolute atomic E-state index is 0.0973. The van der Waals surface area contributed by atoms with E-state index in [0.29, 0.717) is 6.54 Å². The maximum absolute atomic E-state index is 13.2. The van der Waals surface area contributed by atoms with Crippen LogP contribution in [-0.2, 0) is 0 Å². The van der Waals surface area contributed by atoms with Crippen LogP contribution in [0.5, 0.6) is 5.75 Å². The Hall–Kier alpha value is -1.13. The number of aliphatic hydroxyl groups excluding tert-OH is 1. The smallest absolute Gasteiger partial charge is 0.165 e. The van der Waals surface area contributed by atoms with Crippen molar-refractivity contribution in [3.05, 3.63) is 30.1 Å². The van der Waals surface area contributed by atoms with Crippen LogP contribution in [0.1, 0.15) is 19.8 Å². The third kappa shape index (κ3) is 5.65. The summed E-state index contributed by atoms with van der Waals surface area (Å²) in [6, 6.07) is 6.18. The largest absolute Gasteiger partial charge is 0.488 e. The van der Waals surface area contributed by atoms with Crippen molar-refractivity contribution in [2.24, 2.45) is 0 Å². The van der Waals surface area contributed by atoms with Gasteiger partial charge in [-0.15, -0.1) is 0 Å². The fourth-order valence-corrected chi connectivity index (χ4v) is 1.38. The topological polar surface area (TPSA) is 41.5 Å². The lowest BCUT2D eigenvalue weighted by Crippen LogP contribution is -2.32. The van der Waals surface area contributed by atoms with Gasteiger partial charge >= 0.3 is 0 Å². The van der Waals surface area contributed by atoms with Crippen molar-refractivity contribution in [3.63, 3.8) is 0 Å². The van der Waals surface area contributed by atoms with E-state index < -0.39 is 11.9 Å². The summed E-state index contributed by atoms with van der Waals surface area (Å²) in [7, 11) is 0. The average molecular weight is 241 g/mol. The molecule has 1 aromatic rings. The number of aliphatic hydroxyl groups is 1. The molecule has 0 fully saturated rings. The molecule has 0 bridgehead atoms. The van der Waals surface area contributed by atoms with Crippen LogP contribution in [-0.4, -0.2) is 30.9 Å². The number of halogens is 1. The Bertz CT molecular complexity index is 320. The van der Waals surface area contributed by atoms with Gasteiger partial charge in [0.1, 0.15) is 12.7 Å². The Morgan fingerprint density at radius 1 is 1.41 bits per heavy atom. The number of para-hydroxylation sites is 1. The normalized spacial score (nSPS) is 12.4. The van der Waals surface area contributed by atoms with Gasteiger partial charge in [-0.25, -0.2) is 4.39 Å². The van der Waals surface area contributed by atoms with E-state index in [2.05, 4.69) is 12.2 Å². The zero-order valence-electron chi connectivity index (χ0n) is 10.2. The van der Waals surface area contributed by atoms with Crippen LogP contribution in [0.25, 0.3) is 0 Å². The predicted octanol–water partition coefficient (Wildman–Crippen LogP) is 1.96. The van der Waals surface area contributed by atoms with Crippen molar-refractivity contribution in [3.8, 4) is 5.75 Å². The van der Waals surface area contributed by atoms with Crippen LogP contribution >= 0.6 is 0 Å². The number of rotatable bonds is 8. The Kier molecular flexibility index (Phi) is 6.58. The van der Waals surface area contributed by atoms with Crippen LogP contribution < -0.4 is 10.1 Å². The molecule has 0 heterocycles. The highest BCUT2D eigenvalue weighted by molar-refractivity contribution is 5.23. The van der Waals surface area contributed by atoms with E-state index in [1.54, 1.807) is 18.2 Å².